The maximum atomic E-state index is 6.36. The number of hydrogen-bond acceptors (Lipinski definition) is 2. The molecule has 0 radical (unpaired) electrons. The molecule has 3 heteroatoms. The van der Waals surface area contributed by atoms with Gasteiger partial charge in [-0.05, 0) is 24.5 Å². The van der Waals surface area contributed by atoms with E-state index < -0.39 is 0 Å². The van der Waals surface area contributed by atoms with Crippen LogP contribution >= 0.6 is 0 Å². The summed E-state index contributed by atoms with van der Waals surface area (Å²) in [6.45, 7) is 6.48. The Kier molecular flexibility index (Phi) is 3.48. The predicted octanol–water partition coefficient (Wildman–Crippen LogP) is 3.08. The molecule has 92 valence electrons. The number of nitrogens with zero attached hydrogens (tertiary/aromatic N) is 2. The molecular formula is C14H21N3. The van der Waals surface area contributed by atoms with Crippen molar-refractivity contribution in [1.29, 1.82) is 0 Å². The fourth-order valence-electron chi connectivity index (χ4n) is 2.39. The molecule has 1 unspecified atom stereocenters. The molecule has 0 spiro atoms. The van der Waals surface area contributed by atoms with Crippen LogP contribution in [-0.4, -0.2) is 9.38 Å². The lowest BCUT2D eigenvalue weighted by Crippen LogP contribution is -2.22. The molecule has 2 N–H and O–H groups in total. The predicted molar refractivity (Wildman–Crippen MR) is 70.9 cm³/mol. The zero-order valence-corrected chi connectivity index (χ0v) is 10.9. The first kappa shape index (κ1) is 12.1. The summed E-state index contributed by atoms with van der Waals surface area (Å²) < 4.78 is 2.12. The Bertz CT molecular complexity index is 497. The zero-order chi connectivity index (χ0) is 12.4. The number of rotatable bonds is 4. The van der Waals surface area contributed by atoms with Crippen LogP contribution in [0.4, 0.5) is 0 Å². The standard InChI is InChI=1S/C14H21N3/c1-4-11(5-2)14(15)12-8-16-13-7-6-10(3)9-17(12)13/h6-9,11,14H,4-5,15H2,1-3H3. The third-order valence-corrected chi connectivity index (χ3v) is 3.58. The Morgan fingerprint density at radius 2 is 2.00 bits per heavy atom. The summed E-state index contributed by atoms with van der Waals surface area (Å²) in [7, 11) is 0. The Labute approximate surface area is 103 Å². The molecule has 3 nitrogen and oxygen atoms in total. The van der Waals surface area contributed by atoms with Crippen LogP contribution < -0.4 is 5.73 Å². The second-order valence-electron chi connectivity index (χ2n) is 4.72. The minimum atomic E-state index is 0.0711. The number of hydrogen-bond donors (Lipinski definition) is 1. The summed E-state index contributed by atoms with van der Waals surface area (Å²) in [4.78, 5) is 4.41. The van der Waals surface area contributed by atoms with Gasteiger partial charge in [-0.3, -0.25) is 0 Å². The summed E-state index contributed by atoms with van der Waals surface area (Å²) in [6.07, 6.45) is 6.24. The third-order valence-electron chi connectivity index (χ3n) is 3.58. The van der Waals surface area contributed by atoms with E-state index in [0.29, 0.717) is 5.92 Å². The van der Waals surface area contributed by atoms with E-state index in [9.17, 15) is 0 Å². The van der Waals surface area contributed by atoms with Crippen molar-refractivity contribution in [1.82, 2.24) is 9.38 Å². The van der Waals surface area contributed by atoms with Gasteiger partial charge in [-0.1, -0.05) is 32.8 Å². The third kappa shape index (κ3) is 2.20. The highest BCUT2D eigenvalue weighted by atomic mass is 15.0. The second kappa shape index (κ2) is 4.88. The molecule has 0 bridgehead atoms. The fraction of sp³-hybridized carbons (Fsp3) is 0.500. The smallest absolute Gasteiger partial charge is 0.136 e. The first-order valence-corrected chi connectivity index (χ1v) is 6.36. The molecule has 0 aliphatic carbocycles. The van der Waals surface area contributed by atoms with E-state index >= 15 is 0 Å². The summed E-state index contributed by atoms with van der Waals surface area (Å²) in [5.74, 6) is 0.524. The Hall–Kier alpha value is -1.35. The van der Waals surface area contributed by atoms with Gasteiger partial charge >= 0.3 is 0 Å². The Morgan fingerprint density at radius 1 is 1.29 bits per heavy atom. The van der Waals surface area contributed by atoms with Gasteiger partial charge < -0.3 is 10.1 Å². The molecule has 0 aliphatic rings. The molecule has 0 aliphatic heterocycles. The lowest BCUT2D eigenvalue weighted by Gasteiger charge is -2.20. The van der Waals surface area contributed by atoms with Gasteiger partial charge in [0, 0.05) is 12.2 Å². The number of aryl methyl sites for hydroxylation is 1. The van der Waals surface area contributed by atoms with Crippen molar-refractivity contribution in [2.45, 2.75) is 39.7 Å². The Balaban J connectivity index is 2.44. The topological polar surface area (TPSA) is 43.3 Å². The van der Waals surface area contributed by atoms with Gasteiger partial charge in [0.15, 0.2) is 0 Å². The van der Waals surface area contributed by atoms with Crippen molar-refractivity contribution in [2.75, 3.05) is 0 Å². The van der Waals surface area contributed by atoms with Crippen LogP contribution in [0.3, 0.4) is 0 Å². The number of imidazole rings is 1. The van der Waals surface area contributed by atoms with Crippen LogP contribution in [0.1, 0.15) is 44.0 Å². The summed E-state index contributed by atoms with van der Waals surface area (Å²) in [5, 5.41) is 0. The normalized spacial score (nSPS) is 13.5. The van der Waals surface area contributed by atoms with E-state index in [1.807, 2.05) is 12.3 Å². The first-order valence-electron chi connectivity index (χ1n) is 6.36. The van der Waals surface area contributed by atoms with E-state index in [4.69, 9.17) is 5.73 Å². The van der Waals surface area contributed by atoms with Crippen molar-refractivity contribution in [2.24, 2.45) is 11.7 Å². The van der Waals surface area contributed by atoms with E-state index in [0.717, 1.165) is 24.2 Å². The maximum absolute atomic E-state index is 6.36. The number of aromatic nitrogens is 2. The van der Waals surface area contributed by atoms with Gasteiger partial charge in [-0.2, -0.15) is 0 Å². The van der Waals surface area contributed by atoms with Crippen LogP contribution in [0.5, 0.6) is 0 Å². The average molecular weight is 231 g/mol. The van der Waals surface area contributed by atoms with Gasteiger partial charge in [0.1, 0.15) is 5.65 Å². The van der Waals surface area contributed by atoms with E-state index in [-0.39, 0.29) is 6.04 Å². The molecule has 2 heterocycles. The highest BCUT2D eigenvalue weighted by Gasteiger charge is 2.19. The molecular weight excluding hydrogens is 210 g/mol. The van der Waals surface area contributed by atoms with Crippen LogP contribution in [-0.2, 0) is 0 Å². The highest BCUT2D eigenvalue weighted by molar-refractivity contribution is 5.42. The number of nitrogens with two attached hydrogens (primary N) is 1. The number of fused-ring (bicyclic) bond motifs is 1. The van der Waals surface area contributed by atoms with Crippen molar-refractivity contribution in [3.05, 3.63) is 35.8 Å². The SMILES string of the molecule is CCC(CC)C(N)c1cnc2ccc(C)cn12. The molecule has 0 amide bonds. The summed E-state index contributed by atoms with van der Waals surface area (Å²) in [6, 6.07) is 4.19. The van der Waals surface area contributed by atoms with Crippen molar-refractivity contribution in [3.8, 4) is 0 Å². The van der Waals surface area contributed by atoms with Gasteiger partial charge in [0.2, 0.25) is 0 Å². The fourth-order valence-corrected chi connectivity index (χ4v) is 2.39. The monoisotopic (exact) mass is 231 g/mol. The summed E-state index contributed by atoms with van der Waals surface area (Å²) in [5.41, 5.74) is 9.69. The molecule has 0 saturated heterocycles. The van der Waals surface area contributed by atoms with Crippen LogP contribution in [0.25, 0.3) is 5.65 Å². The molecule has 0 fully saturated rings. The highest BCUT2D eigenvalue weighted by Crippen LogP contribution is 2.25. The van der Waals surface area contributed by atoms with Crippen LogP contribution in [0, 0.1) is 12.8 Å². The first-order chi connectivity index (χ1) is 8.17. The molecule has 2 aromatic rings. The van der Waals surface area contributed by atoms with Crippen molar-refractivity contribution < 1.29 is 0 Å². The zero-order valence-electron chi connectivity index (χ0n) is 10.9. The molecule has 0 aromatic carbocycles. The minimum Gasteiger partial charge on any atom is -0.322 e. The lowest BCUT2D eigenvalue weighted by molar-refractivity contribution is 0.397. The molecule has 1 atom stereocenters. The molecule has 0 saturated carbocycles. The van der Waals surface area contributed by atoms with Crippen molar-refractivity contribution in [3.63, 3.8) is 0 Å². The molecule has 17 heavy (non-hydrogen) atoms. The second-order valence-corrected chi connectivity index (χ2v) is 4.72. The summed E-state index contributed by atoms with van der Waals surface area (Å²) >= 11 is 0. The van der Waals surface area contributed by atoms with Gasteiger partial charge in [0.05, 0.1) is 11.9 Å². The van der Waals surface area contributed by atoms with Gasteiger partial charge in [-0.25, -0.2) is 4.98 Å². The lowest BCUT2D eigenvalue weighted by atomic mass is 9.93. The maximum Gasteiger partial charge on any atom is 0.136 e. The van der Waals surface area contributed by atoms with Crippen LogP contribution in [0.2, 0.25) is 0 Å². The van der Waals surface area contributed by atoms with Gasteiger partial charge in [-0.15, -0.1) is 0 Å². The number of pyridine rings is 1. The van der Waals surface area contributed by atoms with E-state index in [1.54, 1.807) is 0 Å². The average Bonchev–Trinajstić information content (AvgIpc) is 2.73. The van der Waals surface area contributed by atoms with Crippen LogP contribution in [0.15, 0.2) is 24.5 Å². The minimum absolute atomic E-state index is 0.0711. The van der Waals surface area contributed by atoms with Crippen molar-refractivity contribution >= 4 is 5.65 Å². The quantitative estimate of drug-likeness (QED) is 0.878. The van der Waals surface area contributed by atoms with E-state index in [2.05, 4.69) is 42.4 Å². The Morgan fingerprint density at radius 3 is 2.65 bits per heavy atom. The largest absolute Gasteiger partial charge is 0.322 e. The molecule has 2 rings (SSSR count). The van der Waals surface area contributed by atoms with Gasteiger partial charge in [0.25, 0.3) is 0 Å². The molecule has 2 aromatic heterocycles. The van der Waals surface area contributed by atoms with E-state index in [1.165, 1.54) is 5.56 Å².